The van der Waals surface area contributed by atoms with Gasteiger partial charge in [-0.3, -0.25) is 4.79 Å². The minimum Gasteiger partial charge on any atom is -0.422 e. The van der Waals surface area contributed by atoms with Gasteiger partial charge >= 0.3 is 5.63 Å². The second-order valence-electron chi connectivity index (χ2n) is 5.94. The molecule has 0 N–H and O–H groups in total. The molecule has 1 aliphatic heterocycles. The summed E-state index contributed by atoms with van der Waals surface area (Å²) in [4.78, 5) is 28.2. The number of para-hydroxylation sites is 1. The van der Waals surface area contributed by atoms with Crippen molar-refractivity contribution in [2.75, 3.05) is 18.8 Å². The highest BCUT2D eigenvalue weighted by atomic mass is 32.2. The third-order valence-electron chi connectivity index (χ3n) is 4.36. The van der Waals surface area contributed by atoms with Gasteiger partial charge in [0.1, 0.15) is 11.1 Å². The fraction of sp³-hybridized carbons (Fsp3) is 0.263. The largest absolute Gasteiger partial charge is 0.422 e. The van der Waals surface area contributed by atoms with Gasteiger partial charge in [-0.1, -0.05) is 24.3 Å². The number of rotatable bonds is 2. The number of benzene rings is 1. The number of hydrogen-bond acceptors (Lipinski definition) is 5. The molecule has 25 heavy (non-hydrogen) atoms. The van der Waals surface area contributed by atoms with Crippen molar-refractivity contribution in [3.05, 3.63) is 68.7 Å². The van der Waals surface area contributed by atoms with Crippen LogP contribution in [0.2, 0.25) is 0 Å². The first-order valence-corrected chi connectivity index (χ1v) is 10.1. The first kappa shape index (κ1) is 16.4. The summed E-state index contributed by atoms with van der Waals surface area (Å²) in [6.45, 7) is 1.30. The summed E-state index contributed by atoms with van der Waals surface area (Å²) in [7, 11) is 0. The zero-order chi connectivity index (χ0) is 17.2. The van der Waals surface area contributed by atoms with Crippen LogP contribution in [0.4, 0.5) is 0 Å². The molecule has 1 atom stereocenters. The summed E-state index contributed by atoms with van der Waals surface area (Å²) in [6.07, 6.45) is 0.899. The highest BCUT2D eigenvalue weighted by molar-refractivity contribution is 7.99. The van der Waals surface area contributed by atoms with Gasteiger partial charge < -0.3 is 9.32 Å². The summed E-state index contributed by atoms with van der Waals surface area (Å²) in [6, 6.07) is 13.1. The standard InChI is InChI=1S/C19H17NO3S2/c21-18(14-12-13-4-1-2-5-15(13)23-19(14)22)20-8-7-17(25-11-9-20)16-6-3-10-24-16/h1-6,10,12,17H,7-9,11H2/t17-/m0/s1. The molecular weight excluding hydrogens is 354 g/mol. The Labute approximate surface area is 153 Å². The van der Waals surface area contributed by atoms with Gasteiger partial charge in [0.15, 0.2) is 0 Å². The van der Waals surface area contributed by atoms with E-state index in [2.05, 4.69) is 17.5 Å². The molecule has 4 rings (SSSR count). The van der Waals surface area contributed by atoms with E-state index >= 15 is 0 Å². The SMILES string of the molecule is O=C(c1cc2ccccc2oc1=O)N1CCS[C@H](c2cccs2)CC1. The highest BCUT2D eigenvalue weighted by Gasteiger charge is 2.25. The molecule has 0 unspecified atom stereocenters. The van der Waals surface area contributed by atoms with Crippen molar-refractivity contribution < 1.29 is 9.21 Å². The number of fused-ring (bicyclic) bond motifs is 1. The molecule has 1 aliphatic rings. The molecule has 3 heterocycles. The molecule has 1 fully saturated rings. The van der Waals surface area contributed by atoms with Crippen LogP contribution >= 0.6 is 23.1 Å². The van der Waals surface area contributed by atoms with Crippen LogP contribution < -0.4 is 5.63 Å². The van der Waals surface area contributed by atoms with E-state index in [1.54, 1.807) is 28.4 Å². The van der Waals surface area contributed by atoms with Crippen LogP contribution in [-0.2, 0) is 0 Å². The first-order chi connectivity index (χ1) is 12.2. The van der Waals surface area contributed by atoms with Gasteiger partial charge in [0.25, 0.3) is 5.91 Å². The van der Waals surface area contributed by atoms with E-state index in [0.29, 0.717) is 23.9 Å². The maximum atomic E-state index is 12.9. The van der Waals surface area contributed by atoms with Crippen LogP contribution in [-0.4, -0.2) is 29.6 Å². The zero-order valence-electron chi connectivity index (χ0n) is 13.5. The molecule has 3 aromatic rings. The van der Waals surface area contributed by atoms with Crippen molar-refractivity contribution >= 4 is 40.0 Å². The number of thioether (sulfide) groups is 1. The van der Waals surface area contributed by atoms with Crippen molar-refractivity contribution in [2.24, 2.45) is 0 Å². The molecule has 0 bridgehead atoms. The summed E-state index contributed by atoms with van der Waals surface area (Å²) in [5.41, 5.74) is 0.0712. The quantitative estimate of drug-likeness (QED) is 0.634. The maximum absolute atomic E-state index is 12.9. The van der Waals surface area contributed by atoms with Crippen molar-refractivity contribution in [3.8, 4) is 0 Å². The molecule has 1 aromatic carbocycles. The smallest absolute Gasteiger partial charge is 0.349 e. The lowest BCUT2D eigenvalue weighted by Gasteiger charge is -2.19. The van der Waals surface area contributed by atoms with Crippen molar-refractivity contribution in [1.82, 2.24) is 4.90 Å². The molecule has 6 heteroatoms. The molecule has 0 radical (unpaired) electrons. The summed E-state index contributed by atoms with van der Waals surface area (Å²) in [5.74, 6) is 0.639. The first-order valence-electron chi connectivity index (χ1n) is 8.19. The third kappa shape index (κ3) is 3.37. The van der Waals surface area contributed by atoms with Gasteiger partial charge in [0.05, 0.1) is 0 Å². The summed E-state index contributed by atoms with van der Waals surface area (Å²) >= 11 is 3.64. The predicted octanol–water partition coefficient (Wildman–Crippen LogP) is 4.17. The highest BCUT2D eigenvalue weighted by Crippen LogP contribution is 2.36. The zero-order valence-corrected chi connectivity index (χ0v) is 15.1. The van der Waals surface area contributed by atoms with Crippen molar-refractivity contribution in [3.63, 3.8) is 0 Å². The van der Waals surface area contributed by atoms with Crippen LogP contribution in [0.1, 0.15) is 26.9 Å². The Kier molecular flexibility index (Phi) is 4.63. The lowest BCUT2D eigenvalue weighted by molar-refractivity contribution is 0.0762. The van der Waals surface area contributed by atoms with Gasteiger partial charge in [0, 0.05) is 34.4 Å². The topological polar surface area (TPSA) is 50.5 Å². The molecular formula is C19H17NO3S2. The van der Waals surface area contributed by atoms with Crippen LogP contribution in [0.25, 0.3) is 11.0 Å². The van der Waals surface area contributed by atoms with E-state index in [1.165, 1.54) is 4.88 Å². The van der Waals surface area contributed by atoms with Crippen molar-refractivity contribution in [1.29, 1.82) is 0 Å². The molecule has 1 amide bonds. The van der Waals surface area contributed by atoms with Crippen molar-refractivity contribution in [2.45, 2.75) is 11.7 Å². The Morgan fingerprint density at radius 3 is 2.88 bits per heavy atom. The Hall–Kier alpha value is -2.05. The lowest BCUT2D eigenvalue weighted by Crippen LogP contribution is -2.35. The molecule has 4 nitrogen and oxygen atoms in total. The number of amides is 1. The molecule has 2 aromatic heterocycles. The van der Waals surface area contributed by atoms with Crippen LogP contribution in [0, 0.1) is 0 Å². The maximum Gasteiger partial charge on any atom is 0.349 e. The second kappa shape index (κ2) is 7.06. The fourth-order valence-corrected chi connectivity index (χ4v) is 5.29. The minimum atomic E-state index is -0.560. The number of nitrogens with zero attached hydrogens (tertiary/aromatic N) is 1. The summed E-state index contributed by atoms with van der Waals surface area (Å²) in [5, 5.41) is 3.28. The van der Waals surface area contributed by atoms with Gasteiger partial charge in [0.2, 0.25) is 0 Å². The van der Waals surface area contributed by atoms with Crippen LogP contribution in [0.5, 0.6) is 0 Å². The lowest BCUT2D eigenvalue weighted by atomic mass is 10.1. The van der Waals surface area contributed by atoms with E-state index in [4.69, 9.17) is 4.42 Å². The molecule has 128 valence electrons. The minimum absolute atomic E-state index is 0.123. The van der Waals surface area contributed by atoms with Gasteiger partial charge in [-0.05, 0) is 30.0 Å². The van der Waals surface area contributed by atoms with E-state index in [1.807, 2.05) is 30.0 Å². The van der Waals surface area contributed by atoms with Crippen LogP contribution in [0.15, 0.2) is 57.1 Å². The third-order valence-corrected chi connectivity index (χ3v) is 6.81. The van der Waals surface area contributed by atoms with E-state index in [-0.39, 0.29) is 11.5 Å². The molecule has 0 aliphatic carbocycles. The molecule has 0 saturated carbocycles. The number of hydrogen-bond donors (Lipinski definition) is 0. The van der Waals surface area contributed by atoms with E-state index < -0.39 is 5.63 Å². The Morgan fingerprint density at radius 1 is 1.16 bits per heavy atom. The Balaban J connectivity index is 1.57. The number of carbonyl (C=O) groups excluding carboxylic acids is 1. The Morgan fingerprint density at radius 2 is 2.04 bits per heavy atom. The number of carbonyl (C=O) groups is 1. The monoisotopic (exact) mass is 371 g/mol. The molecule has 1 saturated heterocycles. The average Bonchev–Trinajstić information content (AvgIpc) is 3.05. The van der Waals surface area contributed by atoms with Gasteiger partial charge in [-0.25, -0.2) is 4.79 Å². The van der Waals surface area contributed by atoms with Gasteiger partial charge in [-0.15, -0.1) is 11.3 Å². The molecule has 0 spiro atoms. The second-order valence-corrected chi connectivity index (χ2v) is 8.23. The number of thiophene rings is 1. The normalized spacial score (nSPS) is 18.2. The Bertz CT molecular complexity index is 949. The predicted molar refractivity (Wildman–Crippen MR) is 103 cm³/mol. The van der Waals surface area contributed by atoms with Crippen LogP contribution in [0.3, 0.4) is 0 Å². The van der Waals surface area contributed by atoms with E-state index in [0.717, 1.165) is 17.6 Å². The fourth-order valence-electron chi connectivity index (χ4n) is 3.06. The average molecular weight is 371 g/mol. The van der Waals surface area contributed by atoms with Gasteiger partial charge in [-0.2, -0.15) is 11.8 Å². The van der Waals surface area contributed by atoms with E-state index in [9.17, 15) is 9.59 Å². The summed E-state index contributed by atoms with van der Waals surface area (Å²) < 4.78 is 5.31.